The first kappa shape index (κ1) is 16.7. The predicted octanol–water partition coefficient (Wildman–Crippen LogP) is 1.16. The fourth-order valence-corrected chi connectivity index (χ4v) is 2.61. The molecule has 2 N–H and O–H groups in total. The minimum Gasteiger partial charge on any atom is -0.378 e. The molecule has 0 atom stereocenters. The van der Waals surface area contributed by atoms with E-state index >= 15 is 0 Å². The van der Waals surface area contributed by atoms with Crippen molar-refractivity contribution in [3.8, 4) is 0 Å². The molecule has 1 saturated heterocycles. The number of pyridine rings is 1. The summed E-state index contributed by atoms with van der Waals surface area (Å²) in [6.45, 7) is 3.67. The Morgan fingerprint density at radius 3 is 2.71 bits per heavy atom. The predicted molar refractivity (Wildman–Crippen MR) is 90.9 cm³/mol. The molecule has 3 rings (SSSR count). The number of amides is 2. The fourth-order valence-electron chi connectivity index (χ4n) is 2.61. The lowest BCUT2D eigenvalue weighted by molar-refractivity contribution is -0.122. The summed E-state index contributed by atoms with van der Waals surface area (Å²) in [5.41, 5.74) is 0.694. The van der Waals surface area contributed by atoms with Crippen molar-refractivity contribution in [1.29, 1.82) is 0 Å². The Hall–Kier alpha value is -2.15. The van der Waals surface area contributed by atoms with E-state index < -0.39 is 0 Å². The zero-order valence-electron chi connectivity index (χ0n) is 13.8. The molecule has 1 aliphatic carbocycles. The number of morpholine rings is 1. The minimum absolute atomic E-state index is 0.0587. The third kappa shape index (κ3) is 4.92. The molecular weight excluding hydrogens is 308 g/mol. The van der Waals surface area contributed by atoms with Crippen LogP contribution in [0.15, 0.2) is 18.3 Å². The van der Waals surface area contributed by atoms with Crippen molar-refractivity contribution in [1.82, 2.24) is 10.3 Å². The van der Waals surface area contributed by atoms with Crippen LogP contribution in [0.4, 0.5) is 11.5 Å². The third-order valence-electron chi connectivity index (χ3n) is 4.19. The van der Waals surface area contributed by atoms with Crippen LogP contribution >= 0.6 is 0 Å². The first-order valence-corrected chi connectivity index (χ1v) is 8.59. The van der Waals surface area contributed by atoms with E-state index in [0.717, 1.165) is 45.0 Å². The average molecular weight is 332 g/mol. The molecule has 0 spiro atoms. The Balaban J connectivity index is 1.36. The maximum Gasteiger partial charge on any atom is 0.224 e. The lowest BCUT2D eigenvalue weighted by atomic mass is 10.2. The highest BCUT2D eigenvalue weighted by molar-refractivity contribution is 5.90. The van der Waals surface area contributed by atoms with Crippen LogP contribution < -0.4 is 15.5 Å². The molecule has 0 aromatic carbocycles. The van der Waals surface area contributed by atoms with Crippen molar-refractivity contribution >= 4 is 23.3 Å². The fraction of sp³-hybridized carbons (Fsp3) is 0.588. The van der Waals surface area contributed by atoms with Gasteiger partial charge in [-0.2, -0.15) is 0 Å². The molecule has 130 valence electrons. The molecule has 1 aromatic heterocycles. The largest absolute Gasteiger partial charge is 0.378 e. The van der Waals surface area contributed by atoms with Gasteiger partial charge in [-0.05, 0) is 31.4 Å². The first-order chi connectivity index (χ1) is 11.7. The molecule has 7 heteroatoms. The van der Waals surface area contributed by atoms with Crippen LogP contribution in [0, 0.1) is 5.92 Å². The summed E-state index contributed by atoms with van der Waals surface area (Å²) >= 11 is 0. The zero-order chi connectivity index (χ0) is 16.8. The molecule has 1 aromatic rings. The van der Waals surface area contributed by atoms with Gasteiger partial charge in [0.15, 0.2) is 0 Å². The summed E-state index contributed by atoms with van der Waals surface area (Å²) in [6.07, 6.45) is 4.71. The highest BCUT2D eigenvalue weighted by Crippen LogP contribution is 2.28. The van der Waals surface area contributed by atoms with Crippen LogP contribution in [0.3, 0.4) is 0 Å². The summed E-state index contributed by atoms with van der Waals surface area (Å²) in [6, 6.07) is 3.78. The molecule has 1 aliphatic heterocycles. The van der Waals surface area contributed by atoms with Gasteiger partial charge in [0.25, 0.3) is 0 Å². The lowest BCUT2D eigenvalue weighted by Crippen LogP contribution is -2.36. The number of aromatic nitrogens is 1. The van der Waals surface area contributed by atoms with Gasteiger partial charge in [-0.25, -0.2) is 4.98 Å². The first-order valence-electron chi connectivity index (χ1n) is 8.59. The molecule has 0 unspecified atom stereocenters. The van der Waals surface area contributed by atoms with Crippen molar-refractivity contribution in [3.63, 3.8) is 0 Å². The Morgan fingerprint density at radius 2 is 2.04 bits per heavy atom. The Labute approximate surface area is 141 Å². The third-order valence-corrected chi connectivity index (χ3v) is 4.19. The Morgan fingerprint density at radius 1 is 1.25 bits per heavy atom. The molecule has 2 fully saturated rings. The number of nitrogens with one attached hydrogen (secondary N) is 2. The SMILES string of the molecule is O=C(CCCNC(=O)C1CC1)Nc1ccc(N2CCOCC2)nc1. The molecule has 24 heavy (non-hydrogen) atoms. The van der Waals surface area contributed by atoms with Gasteiger partial charge in [0.05, 0.1) is 25.1 Å². The second-order valence-corrected chi connectivity index (χ2v) is 6.22. The van der Waals surface area contributed by atoms with Gasteiger partial charge in [-0.15, -0.1) is 0 Å². The van der Waals surface area contributed by atoms with E-state index in [2.05, 4.69) is 20.5 Å². The summed E-state index contributed by atoms with van der Waals surface area (Å²) in [5, 5.41) is 5.70. The van der Waals surface area contributed by atoms with Crippen LogP contribution in [-0.2, 0) is 14.3 Å². The van der Waals surface area contributed by atoms with Crippen molar-refractivity contribution in [3.05, 3.63) is 18.3 Å². The summed E-state index contributed by atoms with van der Waals surface area (Å²) in [7, 11) is 0. The highest BCUT2D eigenvalue weighted by atomic mass is 16.5. The van der Waals surface area contributed by atoms with Crippen LogP contribution in [0.25, 0.3) is 0 Å². The molecule has 7 nitrogen and oxygen atoms in total. The quantitative estimate of drug-likeness (QED) is 0.732. The molecular formula is C17H24N4O3. The van der Waals surface area contributed by atoms with E-state index in [1.807, 2.05) is 12.1 Å². The molecule has 2 heterocycles. The van der Waals surface area contributed by atoms with Crippen molar-refractivity contribution in [2.45, 2.75) is 25.7 Å². The Kier molecular flexibility index (Phi) is 5.63. The number of rotatable bonds is 7. The standard InChI is InChI=1S/C17H24N4O3/c22-16(2-1-7-18-17(23)13-3-4-13)20-14-5-6-15(19-12-14)21-8-10-24-11-9-21/h5-6,12-13H,1-4,7-11H2,(H,18,23)(H,20,22). The van der Waals surface area contributed by atoms with Gasteiger partial charge >= 0.3 is 0 Å². The maximum atomic E-state index is 11.9. The van der Waals surface area contributed by atoms with Crippen LogP contribution in [0.2, 0.25) is 0 Å². The number of nitrogens with zero attached hydrogens (tertiary/aromatic N) is 2. The normalized spacial score (nSPS) is 17.4. The molecule has 0 bridgehead atoms. The number of hydrogen-bond donors (Lipinski definition) is 2. The van der Waals surface area contributed by atoms with Gasteiger partial charge < -0.3 is 20.3 Å². The van der Waals surface area contributed by atoms with Crippen LogP contribution in [0.1, 0.15) is 25.7 Å². The topological polar surface area (TPSA) is 83.6 Å². The van der Waals surface area contributed by atoms with E-state index in [-0.39, 0.29) is 17.7 Å². The Bertz CT molecular complexity index is 566. The number of anilines is 2. The average Bonchev–Trinajstić information content (AvgIpc) is 3.45. The van der Waals surface area contributed by atoms with E-state index in [1.54, 1.807) is 6.20 Å². The monoisotopic (exact) mass is 332 g/mol. The number of hydrogen-bond acceptors (Lipinski definition) is 5. The van der Waals surface area contributed by atoms with Crippen molar-refractivity contribution in [2.24, 2.45) is 5.92 Å². The van der Waals surface area contributed by atoms with Crippen LogP contribution in [-0.4, -0.2) is 49.6 Å². The molecule has 2 aliphatic rings. The highest BCUT2D eigenvalue weighted by Gasteiger charge is 2.28. The minimum atomic E-state index is -0.0587. The summed E-state index contributed by atoms with van der Waals surface area (Å²) in [4.78, 5) is 29.9. The number of carbonyl (C=O) groups excluding carboxylic acids is 2. The van der Waals surface area contributed by atoms with Gasteiger partial charge in [0.2, 0.25) is 11.8 Å². The molecule has 1 saturated carbocycles. The molecule has 2 amide bonds. The van der Waals surface area contributed by atoms with E-state index in [0.29, 0.717) is 25.1 Å². The second-order valence-electron chi connectivity index (χ2n) is 6.22. The smallest absolute Gasteiger partial charge is 0.224 e. The van der Waals surface area contributed by atoms with Gasteiger partial charge in [-0.1, -0.05) is 0 Å². The molecule has 0 radical (unpaired) electrons. The zero-order valence-corrected chi connectivity index (χ0v) is 13.8. The summed E-state index contributed by atoms with van der Waals surface area (Å²) in [5.74, 6) is 1.18. The van der Waals surface area contributed by atoms with E-state index in [9.17, 15) is 9.59 Å². The van der Waals surface area contributed by atoms with Crippen molar-refractivity contribution in [2.75, 3.05) is 43.1 Å². The van der Waals surface area contributed by atoms with Crippen molar-refractivity contribution < 1.29 is 14.3 Å². The van der Waals surface area contributed by atoms with E-state index in [4.69, 9.17) is 4.74 Å². The van der Waals surface area contributed by atoms with Gasteiger partial charge in [-0.3, -0.25) is 9.59 Å². The van der Waals surface area contributed by atoms with Crippen LogP contribution in [0.5, 0.6) is 0 Å². The number of ether oxygens (including phenoxy) is 1. The second kappa shape index (κ2) is 8.10. The lowest BCUT2D eigenvalue weighted by Gasteiger charge is -2.27. The number of carbonyl (C=O) groups is 2. The summed E-state index contributed by atoms with van der Waals surface area (Å²) < 4.78 is 5.32. The maximum absolute atomic E-state index is 11.9. The van der Waals surface area contributed by atoms with Gasteiger partial charge in [0.1, 0.15) is 5.82 Å². The van der Waals surface area contributed by atoms with Gasteiger partial charge in [0, 0.05) is 32.0 Å². The van der Waals surface area contributed by atoms with E-state index in [1.165, 1.54) is 0 Å².